The van der Waals surface area contributed by atoms with Gasteiger partial charge in [-0.05, 0) is 47.9 Å². The summed E-state index contributed by atoms with van der Waals surface area (Å²) in [6, 6.07) is 1.39. The second-order valence-corrected chi connectivity index (χ2v) is 7.57. The lowest BCUT2D eigenvalue weighted by Gasteiger charge is -2.33. The van der Waals surface area contributed by atoms with Crippen LogP contribution < -0.4 is 5.32 Å². The number of rotatable bonds is 4. The standard InChI is InChI=1S/C13H17BrF2N2O2S/c1-2-18(10-3-5-17-6-4-10)21(19,20)13-11(14)7-9(15)8-12(13)16/h7-8,10,17H,2-6H2,1H3. The van der Waals surface area contributed by atoms with E-state index < -0.39 is 26.6 Å². The zero-order valence-corrected chi connectivity index (χ0v) is 14.0. The molecule has 0 amide bonds. The monoisotopic (exact) mass is 382 g/mol. The maximum atomic E-state index is 14.0. The first-order chi connectivity index (χ1) is 9.87. The van der Waals surface area contributed by atoms with E-state index in [1.807, 2.05) is 0 Å². The third kappa shape index (κ3) is 3.44. The summed E-state index contributed by atoms with van der Waals surface area (Å²) in [5.41, 5.74) is 0. The summed E-state index contributed by atoms with van der Waals surface area (Å²) in [7, 11) is -4.01. The Morgan fingerprint density at radius 2 is 1.95 bits per heavy atom. The molecule has 1 N–H and O–H groups in total. The Balaban J connectivity index is 2.44. The second kappa shape index (κ2) is 6.68. The summed E-state index contributed by atoms with van der Waals surface area (Å²) in [4.78, 5) is -0.496. The zero-order valence-electron chi connectivity index (χ0n) is 11.6. The Kier molecular flexibility index (Phi) is 5.34. The van der Waals surface area contributed by atoms with Crippen LogP contribution >= 0.6 is 15.9 Å². The molecule has 0 atom stereocenters. The third-order valence-electron chi connectivity index (χ3n) is 3.56. The van der Waals surface area contributed by atoms with Crippen molar-refractivity contribution < 1.29 is 17.2 Å². The van der Waals surface area contributed by atoms with Gasteiger partial charge in [-0.3, -0.25) is 0 Å². The lowest BCUT2D eigenvalue weighted by molar-refractivity contribution is 0.270. The van der Waals surface area contributed by atoms with Crippen LogP contribution in [-0.4, -0.2) is 38.4 Å². The summed E-state index contributed by atoms with van der Waals surface area (Å²) in [6.07, 6.45) is 1.35. The van der Waals surface area contributed by atoms with Gasteiger partial charge in [0.25, 0.3) is 0 Å². The summed E-state index contributed by atoms with van der Waals surface area (Å²) in [5.74, 6) is -1.89. The predicted molar refractivity (Wildman–Crippen MR) is 79.5 cm³/mol. The summed E-state index contributed by atoms with van der Waals surface area (Å²) in [6.45, 7) is 3.42. The molecule has 0 radical (unpaired) electrons. The first kappa shape index (κ1) is 16.8. The van der Waals surface area contributed by atoms with Gasteiger partial charge in [-0.2, -0.15) is 4.31 Å². The first-order valence-electron chi connectivity index (χ1n) is 6.75. The lowest BCUT2D eigenvalue weighted by atomic mass is 10.1. The van der Waals surface area contributed by atoms with Crippen LogP contribution in [0.1, 0.15) is 19.8 Å². The quantitative estimate of drug-likeness (QED) is 0.869. The van der Waals surface area contributed by atoms with E-state index in [0.29, 0.717) is 18.9 Å². The Hall–Kier alpha value is -0.570. The van der Waals surface area contributed by atoms with Crippen molar-refractivity contribution in [1.29, 1.82) is 0 Å². The van der Waals surface area contributed by atoms with Gasteiger partial charge >= 0.3 is 0 Å². The van der Waals surface area contributed by atoms with Crippen molar-refractivity contribution in [2.24, 2.45) is 0 Å². The molecule has 2 rings (SSSR count). The van der Waals surface area contributed by atoms with Crippen LogP contribution in [-0.2, 0) is 10.0 Å². The highest BCUT2D eigenvalue weighted by molar-refractivity contribution is 9.10. The van der Waals surface area contributed by atoms with Crippen molar-refractivity contribution in [2.45, 2.75) is 30.7 Å². The zero-order chi connectivity index (χ0) is 15.6. The van der Waals surface area contributed by atoms with Gasteiger partial charge in [0, 0.05) is 23.1 Å². The minimum absolute atomic E-state index is 0.0904. The summed E-state index contributed by atoms with van der Waals surface area (Å²) >= 11 is 2.96. The van der Waals surface area contributed by atoms with Gasteiger partial charge in [0.2, 0.25) is 10.0 Å². The van der Waals surface area contributed by atoms with Crippen LogP contribution in [0.25, 0.3) is 0 Å². The molecule has 1 aromatic carbocycles. The number of nitrogens with zero attached hydrogens (tertiary/aromatic N) is 1. The van der Waals surface area contributed by atoms with E-state index in [0.717, 1.165) is 19.2 Å². The molecular formula is C13H17BrF2N2O2S. The predicted octanol–water partition coefficient (Wildman–Crippen LogP) is 2.49. The minimum atomic E-state index is -4.01. The van der Waals surface area contributed by atoms with Crippen molar-refractivity contribution in [3.63, 3.8) is 0 Å². The maximum absolute atomic E-state index is 14.0. The van der Waals surface area contributed by atoms with Crippen LogP contribution in [0.4, 0.5) is 8.78 Å². The number of hydrogen-bond acceptors (Lipinski definition) is 3. The first-order valence-corrected chi connectivity index (χ1v) is 8.98. The van der Waals surface area contributed by atoms with Crippen LogP contribution in [0.3, 0.4) is 0 Å². The molecule has 1 saturated heterocycles. The highest BCUT2D eigenvalue weighted by atomic mass is 79.9. The molecule has 0 aliphatic carbocycles. The Bertz CT molecular complexity index is 596. The molecule has 0 saturated carbocycles. The smallest absolute Gasteiger partial charge is 0.247 e. The number of sulfonamides is 1. The number of piperidine rings is 1. The molecule has 1 aliphatic rings. The number of halogens is 3. The van der Waals surface area contributed by atoms with Gasteiger partial charge in [0.05, 0.1) is 0 Å². The van der Waals surface area contributed by atoms with Gasteiger partial charge in [0.1, 0.15) is 16.5 Å². The van der Waals surface area contributed by atoms with Crippen LogP contribution in [0.2, 0.25) is 0 Å². The van der Waals surface area contributed by atoms with E-state index in [1.54, 1.807) is 6.92 Å². The van der Waals surface area contributed by atoms with Gasteiger partial charge < -0.3 is 5.32 Å². The molecule has 1 heterocycles. The largest absolute Gasteiger partial charge is 0.317 e. The maximum Gasteiger partial charge on any atom is 0.247 e. The van der Waals surface area contributed by atoms with Crippen LogP contribution in [0.15, 0.2) is 21.5 Å². The van der Waals surface area contributed by atoms with Crippen molar-refractivity contribution in [3.05, 3.63) is 28.2 Å². The molecule has 0 aromatic heterocycles. The average Bonchev–Trinajstić information content (AvgIpc) is 2.38. The molecule has 4 nitrogen and oxygen atoms in total. The van der Waals surface area contributed by atoms with Crippen molar-refractivity contribution >= 4 is 26.0 Å². The molecule has 1 aromatic rings. The molecule has 8 heteroatoms. The number of nitrogens with one attached hydrogen (secondary N) is 1. The minimum Gasteiger partial charge on any atom is -0.317 e. The summed E-state index contributed by atoms with van der Waals surface area (Å²) < 4.78 is 53.8. The Labute approximate surface area is 131 Å². The third-order valence-corrected chi connectivity index (χ3v) is 6.55. The van der Waals surface area contributed by atoms with E-state index in [9.17, 15) is 17.2 Å². The van der Waals surface area contributed by atoms with E-state index in [2.05, 4.69) is 21.2 Å². The molecular weight excluding hydrogens is 366 g/mol. The SMILES string of the molecule is CCN(C1CCNCC1)S(=O)(=O)c1c(F)cc(F)cc1Br. The number of benzene rings is 1. The van der Waals surface area contributed by atoms with E-state index in [1.165, 1.54) is 4.31 Å². The number of hydrogen-bond donors (Lipinski definition) is 1. The topological polar surface area (TPSA) is 49.4 Å². The Morgan fingerprint density at radius 3 is 2.48 bits per heavy atom. The van der Waals surface area contributed by atoms with E-state index in [4.69, 9.17) is 0 Å². The van der Waals surface area contributed by atoms with Crippen molar-refractivity contribution in [1.82, 2.24) is 9.62 Å². The van der Waals surface area contributed by atoms with E-state index >= 15 is 0 Å². The molecule has 0 unspecified atom stereocenters. The van der Waals surface area contributed by atoms with Crippen LogP contribution in [0, 0.1) is 11.6 Å². The molecule has 1 aliphatic heterocycles. The van der Waals surface area contributed by atoms with Crippen molar-refractivity contribution in [3.8, 4) is 0 Å². The van der Waals surface area contributed by atoms with Gasteiger partial charge in [0.15, 0.2) is 0 Å². The average molecular weight is 383 g/mol. The fourth-order valence-corrected chi connectivity index (χ4v) is 5.42. The highest BCUT2D eigenvalue weighted by Gasteiger charge is 2.34. The molecule has 118 valence electrons. The molecule has 0 spiro atoms. The summed E-state index contributed by atoms with van der Waals surface area (Å²) in [5, 5.41) is 3.16. The van der Waals surface area contributed by atoms with Crippen LogP contribution in [0.5, 0.6) is 0 Å². The molecule has 21 heavy (non-hydrogen) atoms. The highest BCUT2D eigenvalue weighted by Crippen LogP contribution is 2.31. The van der Waals surface area contributed by atoms with E-state index in [-0.39, 0.29) is 17.1 Å². The fraction of sp³-hybridized carbons (Fsp3) is 0.538. The molecule has 0 bridgehead atoms. The lowest BCUT2D eigenvalue weighted by Crippen LogP contribution is -2.46. The second-order valence-electron chi connectivity index (χ2n) is 4.89. The van der Waals surface area contributed by atoms with Gasteiger partial charge in [-0.15, -0.1) is 0 Å². The van der Waals surface area contributed by atoms with Gasteiger partial charge in [-0.25, -0.2) is 17.2 Å². The Morgan fingerprint density at radius 1 is 1.33 bits per heavy atom. The molecule has 1 fully saturated rings. The normalized spacial score (nSPS) is 17.4. The van der Waals surface area contributed by atoms with Crippen molar-refractivity contribution in [2.75, 3.05) is 19.6 Å². The van der Waals surface area contributed by atoms with Gasteiger partial charge in [-0.1, -0.05) is 6.92 Å². The fourth-order valence-electron chi connectivity index (χ4n) is 2.61.